The quantitative estimate of drug-likeness (QED) is 0.800. The van der Waals surface area contributed by atoms with Crippen molar-refractivity contribution in [1.29, 1.82) is 0 Å². The lowest BCUT2D eigenvalue weighted by atomic mass is 9.94. The van der Waals surface area contributed by atoms with Gasteiger partial charge in [0.2, 0.25) is 11.8 Å². The van der Waals surface area contributed by atoms with E-state index in [1.165, 1.54) is 12.8 Å². The molecule has 5 nitrogen and oxygen atoms in total. The molecule has 0 spiro atoms. The van der Waals surface area contributed by atoms with Crippen LogP contribution in [0.2, 0.25) is 0 Å². The number of likely N-dealkylation sites (tertiary alicyclic amines) is 1. The summed E-state index contributed by atoms with van der Waals surface area (Å²) in [4.78, 5) is 18.5. The highest BCUT2D eigenvalue weighted by Gasteiger charge is 2.30. The molecule has 1 aromatic rings. The van der Waals surface area contributed by atoms with Crippen LogP contribution in [-0.2, 0) is 11.2 Å². The molecule has 0 bridgehead atoms. The van der Waals surface area contributed by atoms with Gasteiger partial charge in [-0.2, -0.15) is 4.98 Å². The van der Waals surface area contributed by atoms with Crippen molar-refractivity contribution in [2.75, 3.05) is 13.1 Å². The second-order valence-corrected chi connectivity index (χ2v) is 6.54. The normalized spacial score (nSPS) is 22.2. The molecule has 0 aromatic carbocycles. The molecule has 21 heavy (non-hydrogen) atoms. The molecule has 1 saturated heterocycles. The number of carbonyl (C=O) groups is 1. The first kappa shape index (κ1) is 14.3. The van der Waals surface area contributed by atoms with Crippen LogP contribution in [0.5, 0.6) is 0 Å². The van der Waals surface area contributed by atoms with E-state index < -0.39 is 0 Å². The molecule has 1 amide bonds. The van der Waals surface area contributed by atoms with E-state index in [1.807, 2.05) is 18.7 Å². The van der Waals surface area contributed by atoms with Crippen molar-refractivity contribution < 1.29 is 9.32 Å². The third-order valence-electron chi connectivity index (χ3n) is 4.13. The first-order valence-corrected chi connectivity index (χ1v) is 7.88. The topological polar surface area (TPSA) is 59.2 Å². The van der Waals surface area contributed by atoms with E-state index in [0.717, 1.165) is 49.6 Å². The van der Waals surface area contributed by atoms with Gasteiger partial charge in [-0.1, -0.05) is 10.7 Å². The third kappa shape index (κ3) is 3.71. The molecule has 0 N–H and O–H groups in total. The second kappa shape index (κ2) is 6.00. The van der Waals surface area contributed by atoms with Gasteiger partial charge in [-0.25, -0.2) is 0 Å². The van der Waals surface area contributed by atoms with Crippen LogP contribution in [0.4, 0.5) is 0 Å². The molecule has 1 aliphatic heterocycles. The summed E-state index contributed by atoms with van der Waals surface area (Å²) in [6.45, 7) is 5.56. The first-order chi connectivity index (χ1) is 10.1. The average Bonchev–Trinajstić information content (AvgIpc) is 3.19. The maximum absolute atomic E-state index is 12.1. The number of hydrogen-bond acceptors (Lipinski definition) is 4. The van der Waals surface area contributed by atoms with Gasteiger partial charge in [0.05, 0.1) is 0 Å². The van der Waals surface area contributed by atoms with E-state index in [1.54, 1.807) is 6.08 Å². The van der Waals surface area contributed by atoms with Crippen LogP contribution in [0, 0.1) is 5.92 Å². The van der Waals surface area contributed by atoms with Crippen LogP contribution in [-0.4, -0.2) is 34.0 Å². The highest BCUT2D eigenvalue weighted by atomic mass is 16.5. The summed E-state index contributed by atoms with van der Waals surface area (Å²) in [6.07, 6.45) is 7.07. The van der Waals surface area contributed by atoms with E-state index in [9.17, 15) is 4.79 Å². The maximum Gasteiger partial charge on any atom is 0.246 e. The summed E-state index contributed by atoms with van der Waals surface area (Å²) in [7, 11) is 0. The first-order valence-electron chi connectivity index (χ1n) is 7.88. The molecule has 5 heteroatoms. The largest absolute Gasteiger partial charge is 0.339 e. The van der Waals surface area contributed by atoms with E-state index in [2.05, 4.69) is 10.1 Å². The van der Waals surface area contributed by atoms with E-state index in [0.29, 0.717) is 11.8 Å². The zero-order chi connectivity index (χ0) is 14.8. The molecule has 0 radical (unpaired) electrons. The van der Waals surface area contributed by atoms with Gasteiger partial charge in [-0.3, -0.25) is 4.79 Å². The molecular formula is C16H23N3O2. The van der Waals surface area contributed by atoms with Crippen LogP contribution in [0.1, 0.15) is 57.2 Å². The van der Waals surface area contributed by atoms with Crippen LogP contribution in [0.25, 0.3) is 0 Å². The predicted molar refractivity (Wildman–Crippen MR) is 78.7 cm³/mol. The second-order valence-electron chi connectivity index (χ2n) is 6.54. The standard InChI is InChI=1S/C16H23N3O2/c1-11(2)8-15(20)19-7-3-4-12(10-19)9-14-17-16(18-21-14)13-5-6-13/h8,12-13H,3-7,9-10H2,1-2H3. The smallest absolute Gasteiger partial charge is 0.246 e. The molecule has 1 unspecified atom stereocenters. The number of carbonyl (C=O) groups excluding carboxylic acids is 1. The highest BCUT2D eigenvalue weighted by molar-refractivity contribution is 5.88. The van der Waals surface area contributed by atoms with Crippen molar-refractivity contribution in [3.05, 3.63) is 23.4 Å². The fraction of sp³-hybridized carbons (Fsp3) is 0.688. The lowest BCUT2D eigenvalue weighted by Crippen LogP contribution is -2.39. The third-order valence-corrected chi connectivity index (χ3v) is 4.13. The van der Waals surface area contributed by atoms with Crippen molar-refractivity contribution in [2.45, 2.75) is 51.9 Å². The lowest BCUT2D eigenvalue weighted by Gasteiger charge is -2.31. The Morgan fingerprint density at radius 2 is 2.19 bits per heavy atom. The van der Waals surface area contributed by atoms with Crippen molar-refractivity contribution in [2.24, 2.45) is 5.92 Å². The summed E-state index contributed by atoms with van der Waals surface area (Å²) in [6, 6.07) is 0. The van der Waals surface area contributed by atoms with E-state index in [-0.39, 0.29) is 5.91 Å². The number of piperidine rings is 1. The number of hydrogen-bond donors (Lipinski definition) is 0. The summed E-state index contributed by atoms with van der Waals surface area (Å²) in [5.74, 6) is 2.70. The molecule has 1 atom stereocenters. The number of rotatable bonds is 4. The van der Waals surface area contributed by atoms with Gasteiger partial charge >= 0.3 is 0 Å². The summed E-state index contributed by atoms with van der Waals surface area (Å²) < 4.78 is 5.35. The zero-order valence-corrected chi connectivity index (χ0v) is 12.8. The van der Waals surface area contributed by atoms with Gasteiger partial charge in [-0.05, 0) is 45.4 Å². The van der Waals surface area contributed by atoms with Crippen molar-refractivity contribution in [1.82, 2.24) is 15.0 Å². The van der Waals surface area contributed by atoms with E-state index >= 15 is 0 Å². The fourth-order valence-corrected chi connectivity index (χ4v) is 2.88. The summed E-state index contributed by atoms with van der Waals surface area (Å²) >= 11 is 0. The Kier molecular flexibility index (Phi) is 4.08. The monoisotopic (exact) mass is 289 g/mol. The zero-order valence-electron chi connectivity index (χ0n) is 12.8. The molecule has 2 aliphatic rings. The molecule has 1 aromatic heterocycles. The minimum atomic E-state index is 0.129. The van der Waals surface area contributed by atoms with Crippen molar-refractivity contribution >= 4 is 5.91 Å². The Morgan fingerprint density at radius 1 is 1.38 bits per heavy atom. The van der Waals surface area contributed by atoms with Gasteiger partial charge in [-0.15, -0.1) is 0 Å². The Bertz CT molecular complexity index is 541. The van der Waals surface area contributed by atoms with Gasteiger partial charge < -0.3 is 9.42 Å². The van der Waals surface area contributed by atoms with Gasteiger partial charge in [0.1, 0.15) is 0 Å². The van der Waals surface area contributed by atoms with Crippen LogP contribution in [0.3, 0.4) is 0 Å². The fourth-order valence-electron chi connectivity index (χ4n) is 2.88. The number of allylic oxidation sites excluding steroid dienone is 1. The van der Waals surface area contributed by atoms with Gasteiger partial charge in [0.25, 0.3) is 0 Å². The Hall–Kier alpha value is -1.65. The lowest BCUT2D eigenvalue weighted by molar-refractivity contribution is -0.127. The minimum Gasteiger partial charge on any atom is -0.339 e. The van der Waals surface area contributed by atoms with Gasteiger partial charge in [0.15, 0.2) is 5.82 Å². The molecule has 1 saturated carbocycles. The Labute approximate surface area is 125 Å². The number of amides is 1. The van der Waals surface area contributed by atoms with Crippen LogP contribution in [0.15, 0.2) is 16.2 Å². The Balaban J connectivity index is 1.57. The molecule has 114 valence electrons. The molecule has 2 fully saturated rings. The number of aromatic nitrogens is 2. The van der Waals surface area contributed by atoms with Gasteiger partial charge in [0, 0.05) is 31.5 Å². The number of nitrogens with zero attached hydrogens (tertiary/aromatic N) is 3. The van der Waals surface area contributed by atoms with Crippen molar-refractivity contribution in [3.8, 4) is 0 Å². The highest BCUT2D eigenvalue weighted by Crippen LogP contribution is 2.38. The van der Waals surface area contributed by atoms with Crippen LogP contribution < -0.4 is 0 Å². The van der Waals surface area contributed by atoms with Crippen molar-refractivity contribution in [3.63, 3.8) is 0 Å². The minimum absolute atomic E-state index is 0.129. The predicted octanol–water partition coefficient (Wildman–Crippen LogP) is 2.69. The summed E-state index contributed by atoms with van der Waals surface area (Å²) in [5.41, 5.74) is 1.05. The van der Waals surface area contributed by atoms with E-state index in [4.69, 9.17) is 4.52 Å². The Morgan fingerprint density at radius 3 is 2.90 bits per heavy atom. The molecule has 2 heterocycles. The maximum atomic E-state index is 12.1. The SMILES string of the molecule is CC(C)=CC(=O)N1CCCC(Cc2nc(C3CC3)no2)C1. The summed E-state index contributed by atoms with van der Waals surface area (Å²) in [5, 5.41) is 4.06. The molecule has 1 aliphatic carbocycles. The molecule has 3 rings (SSSR count). The van der Waals surface area contributed by atoms with Crippen LogP contribution >= 0.6 is 0 Å². The molecular weight excluding hydrogens is 266 g/mol. The average molecular weight is 289 g/mol.